The van der Waals surface area contributed by atoms with E-state index in [1.807, 2.05) is 76.5 Å². The third kappa shape index (κ3) is 4.30. The molecule has 0 aliphatic carbocycles. The number of hydrogen-bond donors (Lipinski definition) is 1. The highest BCUT2D eigenvalue weighted by atomic mass is 17.2. The SMILES string of the molecule is COc1ccc2c3c4n(c2c1)C(C=C(C)C)OOC(C)(C)CC4N1C(=O)C2CCCN2C(=O)[C@]1(O)[C@H]3OCC=C(C)C. The van der Waals surface area contributed by atoms with Gasteiger partial charge < -0.3 is 24.0 Å². The number of carbonyl (C=O) groups excluding carboxylic acids is 2. The van der Waals surface area contributed by atoms with Crippen molar-refractivity contribution in [2.45, 2.75) is 96.5 Å². The Morgan fingerprint density at radius 3 is 2.60 bits per heavy atom. The Kier molecular flexibility index (Phi) is 7.04. The van der Waals surface area contributed by atoms with Crippen LogP contribution in [0.3, 0.4) is 0 Å². The lowest BCUT2D eigenvalue weighted by Gasteiger charge is -2.56. The number of ether oxygens (including phenoxy) is 2. The van der Waals surface area contributed by atoms with Crippen molar-refractivity contribution in [3.63, 3.8) is 0 Å². The van der Waals surface area contributed by atoms with Gasteiger partial charge in [-0.05, 0) is 72.6 Å². The van der Waals surface area contributed by atoms with E-state index in [9.17, 15) is 14.7 Å². The molecule has 5 atom stereocenters. The topological polar surface area (TPSA) is 103 Å². The largest absolute Gasteiger partial charge is 0.497 e. The van der Waals surface area contributed by atoms with Gasteiger partial charge in [0, 0.05) is 30.0 Å². The van der Waals surface area contributed by atoms with Gasteiger partial charge in [0.2, 0.25) is 5.91 Å². The number of amides is 2. The van der Waals surface area contributed by atoms with Gasteiger partial charge in [0.25, 0.3) is 11.6 Å². The quantitative estimate of drug-likeness (QED) is 0.399. The summed E-state index contributed by atoms with van der Waals surface area (Å²) in [6.07, 6.45) is 3.56. The van der Waals surface area contributed by atoms with Crippen molar-refractivity contribution < 1.29 is 33.9 Å². The molecule has 10 nitrogen and oxygen atoms in total. The van der Waals surface area contributed by atoms with Gasteiger partial charge in [0.15, 0.2) is 6.23 Å². The Morgan fingerprint density at radius 2 is 1.90 bits per heavy atom. The third-order valence-electron chi connectivity index (χ3n) is 8.81. The molecular weight excluding hydrogens is 538 g/mol. The summed E-state index contributed by atoms with van der Waals surface area (Å²) in [5.74, 6) is -0.133. The van der Waals surface area contributed by atoms with E-state index in [0.717, 1.165) is 27.7 Å². The van der Waals surface area contributed by atoms with Crippen molar-refractivity contribution in [3.8, 4) is 5.75 Å². The first kappa shape index (κ1) is 28.9. The average Bonchev–Trinajstić information content (AvgIpc) is 3.54. The van der Waals surface area contributed by atoms with Crippen LogP contribution >= 0.6 is 0 Å². The van der Waals surface area contributed by atoms with Gasteiger partial charge in [0.05, 0.1) is 31.0 Å². The highest BCUT2D eigenvalue weighted by molar-refractivity contribution is 6.02. The molecule has 226 valence electrons. The molecule has 4 aliphatic rings. The van der Waals surface area contributed by atoms with Crippen LogP contribution in [0.1, 0.15) is 90.4 Å². The minimum atomic E-state index is -2.24. The molecule has 2 saturated heterocycles. The second-order valence-electron chi connectivity index (χ2n) is 12.9. The van der Waals surface area contributed by atoms with Crippen molar-refractivity contribution in [1.82, 2.24) is 14.4 Å². The van der Waals surface area contributed by atoms with Gasteiger partial charge in [-0.1, -0.05) is 17.2 Å². The van der Waals surface area contributed by atoms with Crippen LogP contribution < -0.4 is 4.74 Å². The molecule has 10 heteroatoms. The smallest absolute Gasteiger partial charge is 0.279 e. The number of allylic oxidation sites excluding steroid dienone is 2. The monoisotopic (exact) mass is 579 g/mol. The Balaban J connectivity index is 1.72. The van der Waals surface area contributed by atoms with Crippen LogP contribution in [0, 0.1) is 0 Å². The zero-order valence-electron chi connectivity index (χ0n) is 25.5. The van der Waals surface area contributed by atoms with Crippen molar-refractivity contribution in [1.29, 1.82) is 0 Å². The van der Waals surface area contributed by atoms with E-state index in [1.54, 1.807) is 12.0 Å². The summed E-state index contributed by atoms with van der Waals surface area (Å²) in [6.45, 7) is 12.3. The summed E-state index contributed by atoms with van der Waals surface area (Å²) >= 11 is 0. The summed E-state index contributed by atoms with van der Waals surface area (Å²) in [5.41, 5.74) is 1.13. The van der Waals surface area contributed by atoms with E-state index in [1.165, 1.54) is 4.90 Å². The zero-order chi connectivity index (χ0) is 30.1. The number of benzene rings is 1. The molecule has 42 heavy (non-hydrogen) atoms. The fraction of sp³-hybridized carbons (Fsp3) is 0.562. The minimum Gasteiger partial charge on any atom is -0.497 e. The van der Waals surface area contributed by atoms with Gasteiger partial charge in [-0.25, -0.2) is 9.78 Å². The van der Waals surface area contributed by atoms with Crippen LogP contribution in [0.25, 0.3) is 10.9 Å². The zero-order valence-corrected chi connectivity index (χ0v) is 25.5. The van der Waals surface area contributed by atoms with Crippen molar-refractivity contribution in [2.24, 2.45) is 0 Å². The minimum absolute atomic E-state index is 0.156. The standard InChI is InChI=1S/C32H41N3O7/c1-18(2)12-14-40-28-26-21-11-10-20(39-7)16-23(21)34-25(15-19(3)4)41-42-31(5,6)17-24(27(26)34)35-29(36)22-9-8-13-33(22)30(37)32(28,35)38/h10-12,15-16,22,24-25,28,38H,8-9,13-14,17H2,1-7H3/t22?,24?,25?,28-,32+/m0/s1. The molecule has 1 N–H and O–H groups in total. The second-order valence-corrected chi connectivity index (χ2v) is 12.9. The first-order chi connectivity index (χ1) is 19.9. The number of methoxy groups -OCH3 is 1. The number of hydrogen-bond acceptors (Lipinski definition) is 7. The molecule has 2 amide bonds. The van der Waals surface area contributed by atoms with E-state index in [0.29, 0.717) is 30.7 Å². The number of piperazine rings is 1. The number of rotatable bonds is 5. The molecule has 6 rings (SSSR count). The first-order valence-corrected chi connectivity index (χ1v) is 14.7. The molecule has 0 radical (unpaired) electrons. The summed E-state index contributed by atoms with van der Waals surface area (Å²) < 4.78 is 14.1. The normalized spacial score (nSPS) is 29.8. The summed E-state index contributed by atoms with van der Waals surface area (Å²) in [4.78, 5) is 43.9. The number of aliphatic hydroxyl groups is 1. The van der Waals surface area contributed by atoms with Crippen molar-refractivity contribution in [3.05, 3.63) is 52.8 Å². The number of carbonyl (C=O) groups is 2. The lowest BCUT2D eigenvalue weighted by Crippen LogP contribution is -2.74. The van der Waals surface area contributed by atoms with Gasteiger partial charge in [-0.15, -0.1) is 0 Å². The summed E-state index contributed by atoms with van der Waals surface area (Å²) in [5, 5.41) is 13.5. The van der Waals surface area contributed by atoms with E-state index in [4.69, 9.17) is 19.2 Å². The van der Waals surface area contributed by atoms with E-state index < -0.39 is 41.6 Å². The molecule has 5 heterocycles. The molecule has 2 fully saturated rings. The van der Waals surface area contributed by atoms with Crippen LogP contribution in [0.15, 0.2) is 41.5 Å². The highest BCUT2D eigenvalue weighted by Gasteiger charge is 2.67. The summed E-state index contributed by atoms with van der Waals surface area (Å²) in [7, 11) is 1.61. The van der Waals surface area contributed by atoms with Crippen LogP contribution in [-0.2, 0) is 24.1 Å². The van der Waals surface area contributed by atoms with E-state index in [2.05, 4.69) is 0 Å². The van der Waals surface area contributed by atoms with Crippen molar-refractivity contribution in [2.75, 3.05) is 20.3 Å². The second kappa shape index (κ2) is 10.2. The molecule has 3 unspecified atom stereocenters. The molecule has 1 aromatic carbocycles. The van der Waals surface area contributed by atoms with Crippen LogP contribution in [-0.4, -0.2) is 68.9 Å². The molecule has 0 spiro atoms. The van der Waals surface area contributed by atoms with Crippen LogP contribution in [0.2, 0.25) is 0 Å². The van der Waals surface area contributed by atoms with Gasteiger partial charge in [0.1, 0.15) is 23.5 Å². The lowest BCUT2D eigenvalue weighted by atomic mass is 9.79. The molecule has 1 aromatic heterocycles. The predicted molar refractivity (Wildman–Crippen MR) is 155 cm³/mol. The highest BCUT2D eigenvalue weighted by Crippen LogP contribution is 2.56. The van der Waals surface area contributed by atoms with Gasteiger partial charge in [-0.2, -0.15) is 0 Å². The van der Waals surface area contributed by atoms with Crippen LogP contribution in [0.4, 0.5) is 0 Å². The lowest BCUT2D eigenvalue weighted by molar-refractivity contribution is -0.390. The van der Waals surface area contributed by atoms with Gasteiger partial charge in [-0.3, -0.25) is 14.5 Å². The predicted octanol–water partition coefficient (Wildman–Crippen LogP) is 4.85. The molecule has 0 saturated carbocycles. The maximum atomic E-state index is 14.4. The van der Waals surface area contributed by atoms with Crippen molar-refractivity contribution >= 4 is 22.7 Å². The maximum Gasteiger partial charge on any atom is 0.279 e. The fourth-order valence-electron chi connectivity index (χ4n) is 7.02. The Hall–Kier alpha value is -3.18. The fourth-order valence-corrected chi connectivity index (χ4v) is 7.02. The molecule has 2 aromatic rings. The average molecular weight is 580 g/mol. The summed E-state index contributed by atoms with van der Waals surface area (Å²) in [6, 6.07) is 4.37. The number of aromatic nitrogens is 1. The Labute approximate surface area is 246 Å². The number of nitrogens with zero attached hydrogens (tertiary/aromatic N) is 3. The van der Waals surface area contributed by atoms with E-state index >= 15 is 0 Å². The van der Waals surface area contributed by atoms with Crippen LogP contribution in [0.5, 0.6) is 5.75 Å². The maximum absolute atomic E-state index is 14.4. The Bertz CT molecular complexity index is 1500. The first-order valence-electron chi connectivity index (χ1n) is 14.7. The van der Waals surface area contributed by atoms with E-state index in [-0.39, 0.29) is 18.9 Å². The van der Waals surface area contributed by atoms with Gasteiger partial charge >= 0.3 is 0 Å². The molecular formula is C32H41N3O7. The number of fused-ring (bicyclic) bond motifs is 6. The Morgan fingerprint density at radius 1 is 1.14 bits per heavy atom. The third-order valence-corrected chi connectivity index (χ3v) is 8.81. The molecule has 0 bridgehead atoms. The molecule has 4 aliphatic heterocycles.